The molecule has 2 aromatic rings. The van der Waals surface area contributed by atoms with Crippen molar-refractivity contribution in [2.24, 2.45) is 7.05 Å². The van der Waals surface area contributed by atoms with Crippen LogP contribution in [-0.2, 0) is 12.8 Å². The fourth-order valence-electron chi connectivity index (χ4n) is 1.55. The van der Waals surface area contributed by atoms with Crippen molar-refractivity contribution in [1.29, 1.82) is 0 Å². The Bertz CT molecular complexity index is 537. The molecule has 0 N–H and O–H groups in total. The summed E-state index contributed by atoms with van der Waals surface area (Å²) in [6.45, 7) is 1.97. The van der Waals surface area contributed by atoms with E-state index < -0.39 is 0 Å². The van der Waals surface area contributed by atoms with Gasteiger partial charge in [-0.1, -0.05) is 29.3 Å². The fraction of sp³-hybridized carbons (Fsp3) is 0.250. The maximum Gasteiger partial charge on any atom is 0.131 e. The van der Waals surface area contributed by atoms with Gasteiger partial charge in [-0.25, -0.2) is 0 Å². The van der Waals surface area contributed by atoms with Crippen molar-refractivity contribution in [3.8, 4) is 0 Å². The topological polar surface area (TPSA) is 17.8 Å². The summed E-state index contributed by atoms with van der Waals surface area (Å²) >= 11 is 13.8. The SMILES string of the molecule is Cc1nn(C)c(Cl)c1CSc1cccc(Cl)c1. The lowest BCUT2D eigenvalue weighted by Gasteiger charge is -2.02. The predicted octanol–water partition coefficient (Wildman–Crippen LogP) is 4.33. The van der Waals surface area contributed by atoms with Crippen LogP contribution >= 0.6 is 35.0 Å². The zero-order chi connectivity index (χ0) is 12.4. The number of halogens is 2. The predicted molar refractivity (Wildman–Crippen MR) is 74.0 cm³/mol. The van der Waals surface area contributed by atoms with Crippen LogP contribution in [0, 0.1) is 6.92 Å². The quantitative estimate of drug-likeness (QED) is 0.782. The highest BCUT2D eigenvalue weighted by Gasteiger charge is 2.11. The third-order valence-corrected chi connectivity index (χ3v) is 4.18. The minimum absolute atomic E-state index is 0.706. The Morgan fingerprint density at radius 2 is 2.12 bits per heavy atom. The monoisotopic (exact) mass is 286 g/mol. The van der Waals surface area contributed by atoms with E-state index in [-0.39, 0.29) is 0 Å². The first kappa shape index (κ1) is 12.8. The summed E-state index contributed by atoms with van der Waals surface area (Å²) in [5.74, 6) is 0.804. The first-order chi connectivity index (χ1) is 8.08. The van der Waals surface area contributed by atoms with Gasteiger partial charge in [0.2, 0.25) is 0 Å². The summed E-state index contributed by atoms with van der Waals surface area (Å²) in [5.41, 5.74) is 2.06. The van der Waals surface area contributed by atoms with Crippen LogP contribution in [0.3, 0.4) is 0 Å². The molecule has 0 bridgehead atoms. The second-order valence-corrected chi connectivity index (χ2v) is 5.57. The van der Waals surface area contributed by atoms with Crippen molar-refractivity contribution in [1.82, 2.24) is 9.78 Å². The maximum absolute atomic E-state index is 6.17. The second kappa shape index (κ2) is 5.34. The Labute approximate surface area is 115 Å². The largest absolute Gasteiger partial charge is 0.257 e. The Balaban J connectivity index is 2.12. The highest BCUT2D eigenvalue weighted by atomic mass is 35.5. The Hall–Kier alpha value is -0.640. The van der Waals surface area contributed by atoms with E-state index in [0.717, 1.165) is 26.9 Å². The van der Waals surface area contributed by atoms with Crippen LogP contribution in [-0.4, -0.2) is 9.78 Å². The summed E-state index contributed by atoms with van der Waals surface area (Å²) in [6.07, 6.45) is 0. The molecule has 5 heteroatoms. The number of aryl methyl sites for hydroxylation is 2. The minimum Gasteiger partial charge on any atom is -0.257 e. The number of hydrogen-bond donors (Lipinski definition) is 0. The molecule has 2 rings (SSSR count). The van der Waals surface area contributed by atoms with Crippen LogP contribution in [0.2, 0.25) is 10.2 Å². The number of benzene rings is 1. The highest BCUT2D eigenvalue weighted by molar-refractivity contribution is 7.98. The molecule has 1 aromatic carbocycles. The summed E-state index contributed by atoms with van der Waals surface area (Å²) in [4.78, 5) is 1.14. The van der Waals surface area contributed by atoms with Crippen LogP contribution in [0.1, 0.15) is 11.3 Å². The van der Waals surface area contributed by atoms with Gasteiger partial charge in [0.25, 0.3) is 0 Å². The molecule has 0 aliphatic rings. The standard InChI is InChI=1S/C12H12Cl2N2S/c1-8-11(12(14)16(2)15-8)7-17-10-5-3-4-9(13)6-10/h3-6H,7H2,1-2H3. The van der Waals surface area contributed by atoms with Crippen LogP contribution in [0.5, 0.6) is 0 Å². The molecule has 0 aliphatic carbocycles. The Kier molecular flexibility index (Phi) is 4.02. The molecule has 0 amide bonds. The van der Waals surface area contributed by atoms with E-state index in [0.29, 0.717) is 5.15 Å². The average molecular weight is 287 g/mol. The molecule has 0 saturated heterocycles. The Morgan fingerprint density at radius 3 is 2.71 bits per heavy atom. The van der Waals surface area contributed by atoms with Gasteiger partial charge in [-0.05, 0) is 25.1 Å². The van der Waals surface area contributed by atoms with Crippen molar-refractivity contribution in [3.63, 3.8) is 0 Å². The summed E-state index contributed by atoms with van der Waals surface area (Å²) in [7, 11) is 1.85. The van der Waals surface area contributed by atoms with Gasteiger partial charge >= 0.3 is 0 Å². The van der Waals surface area contributed by atoms with Crippen LogP contribution in [0.15, 0.2) is 29.2 Å². The van der Waals surface area contributed by atoms with Crippen molar-refractivity contribution in [2.75, 3.05) is 0 Å². The van der Waals surface area contributed by atoms with E-state index in [2.05, 4.69) is 5.10 Å². The smallest absolute Gasteiger partial charge is 0.131 e. The lowest BCUT2D eigenvalue weighted by molar-refractivity contribution is 0.757. The van der Waals surface area contributed by atoms with E-state index in [1.54, 1.807) is 16.4 Å². The highest BCUT2D eigenvalue weighted by Crippen LogP contribution is 2.29. The molecule has 0 fully saturated rings. The van der Waals surface area contributed by atoms with Gasteiger partial charge < -0.3 is 0 Å². The van der Waals surface area contributed by atoms with Crippen molar-refractivity contribution >= 4 is 35.0 Å². The van der Waals surface area contributed by atoms with Gasteiger partial charge in [-0.3, -0.25) is 4.68 Å². The molecule has 0 unspecified atom stereocenters. The lowest BCUT2D eigenvalue weighted by Crippen LogP contribution is -1.89. The van der Waals surface area contributed by atoms with Gasteiger partial charge in [0.05, 0.1) is 5.69 Å². The molecule has 2 nitrogen and oxygen atoms in total. The van der Waals surface area contributed by atoms with Gasteiger partial charge in [0.15, 0.2) is 0 Å². The van der Waals surface area contributed by atoms with Crippen LogP contribution in [0.4, 0.5) is 0 Å². The second-order valence-electron chi connectivity index (χ2n) is 3.72. The molecule has 17 heavy (non-hydrogen) atoms. The third-order valence-electron chi connectivity index (χ3n) is 2.45. The van der Waals surface area contributed by atoms with E-state index in [1.165, 1.54) is 0 Å². The molecule has 0 saturated carbocycles. The fourth-order valence-corrected chi connectivity index (χ4v) is 3.17. The minimum atomic E-state index is 0.706. The molecule has 1 heterocycles. The summed E-state index contributed by atoms with van der Waals surface area (Å²) in [6, 6.07) is 7.80. The van der Waals surface area contributed by atoms with Crippen LogP contribution in [0.25, 0.3) is 0 Å². The number of hydrogen-bond acceptors (Lipinski definition) is 2. The molecule has 0 spiro atoms. The summed E-state index contributed by atoms with van der Waals surface area (Å²) < 4.78 is 1.70. The molecule has 1 aromatic heterocycles. The van der Waals surface area contributed by atoms with Gasteiger partial charge in [0, 0.05) is 28.3 Å². The van der Waals surface area contributed by atoms with Crippen LogP contribution < -0.4 is 0 Å². The zero-order valence-corrected chi connectivity index (χ0v) is 11.9. The normalized spacial score (nSPS) is 10.8. The summed E-state index contributed by atoms with van der Waals surface area (Å²) in [5, 5.41) is 5.75. The van der Waals surface area contributed by atoms with Gasteiger partial charge in [0.1, 0.15) is 5.15 Å². The lowest BCUT2D eigenvalue weighted by atomic mass is 10.3. The Morgan fingerprint density at radius 1 is 1.35 bits per heavy atom. The maximum atomic E-state index is 6.17. The molecule has 0 aliphatic heterocycles. The first-order valence-corrected chi connectivity index (χ1v) is 6.88. The van der Waals surface area contributed by atoms with E-state index >= 15 is 0 Å². The third kappa shape index (κ3) is 2.97. The number of rotatable bonds is 3. The molecular formula is C12H12Cl2N2S. The molecule has 90 valence electrons. The van der Waals surface area contributed by atoms with E-state index in [9.17, 15) is 0 Å². The average Bonchev–Trinajstić information content (AvgIpc) is 2.51. The number of aromatic nitrogens is 2. The zero-order valence-electron chi connectivity index (χ0n) is 9.58. The van der Waals surface area contributed by atoms with Gasteiger partial charge in [-0.2, -0.15) is 5.10 Å². The van der Waals surface area contributed by atoms with Crippen molar-refractivity contribution in [2.45, 2.75) is 17.6 Å². The molecule has 0 atom stereocenters. The molecule has 0 radical (unpaired) electrons. The number of nitrogens with zero attached hydrogens (tertiary/aromatic N) is 2. The van der Waals surface area contributed by atoms with E-state index in [1.807, 2.05) is 38.2 Å². The first-order valence-electron chi connectivity index (χ1n) is 5.14. The molecular weight excluding hydrogens is 275 g/mol. The van der Waals surface area contributed by atoms with Crippen molar-refractivity contribution in [3.05, 3.63) is 45.7 Å². The van der Waals surface area contributed by atoms with E-state index in [4.69, 9.17) is 23.2 Å². The number of thioether (sulfide) groups is 1. The van der Waals surface area contributed by atoms with Gasteiger partial charge in [-0.15, -0.1) is 11.8 Å². The van der Waals surface area contributed by atoms with Crippen molar-refractivity contribution < 1.29 is 0 Å².